The third-order valence-corrected chi connectivity index (χ3v) is 3.02. The van der Waals surface area contributed by atoms with Gasteiger partial charge in [-0.25, -0.2) is 4.98 Å². The molecular formula is C8H9IN2. The van der Waals surface area contributed by atoms with E-state index in [2.05, 4.69) is 45.6 Å². The first kappa shape index (κ1) is 7.34. The third kappa shape index (κ3) is 1.11. The van der Waals surface area contributed by atoms with E-state index in [4.69, 9.17) is 0 Å². The van der Waals surface area contributed by atoms with Gasteiger partial charge in [0.05, 0.1) is 0 Å². The summed E-state index contributed by atoms with van der Waals surface area (Å²) in [5.41, 5.74) is 2.76. The normalized spacial score (nSPS) is 15.3. The zero-order valence-electron chi connectivity index (χ0n) is 6.34. The second kappa shape index (κ2) is 2.62. The highest BCUT2D eigenvalue weighted by molar-refractivity contribution is 14.1. The molecule has 0 unspecified atom stereocenters. The summed E-state index contributed by atoms with van der Waals surface area (Å²) >= 11 is 2.30. The molecule has 58 valence electrons. The number of rotatable bonds is 0. The SMILES string of the molecule is CN1CCc2c1ccnc2I. The Balaban J connectivity index is 2.57. The van der Waals surface area contributed by atoms with Gasteiger partial charge in [-0.1, -0.05) is 0 Å². The summed E-state index contributed by atoms with van der Waals surface area (Å²) in [6.07, 6.45) is 3.03. The van der Waals surface area contributed by atoms with Gasteiger partial charge in [0.25, 0.3) is 0 Å². The number of likely N-dealkylation sites (N-methyl/N-ethyl adjacent to an activating group) is 1. The van der Waals surface area contributed by atoms with E-state index in [1.54, 1.807) is 0 Å². The van der Waals surface area contributed by atoms with Crippen LogP contribution in [0.3, 0.4) is 0 Å². The van der Waals surface area contributed by atoms with Crippen molar-refractivity contribution in [2.45, 2.75) is 6.42 Å². The minimum absolute atomic E-state index is 1.14. The van der Waals surface area contributed by atoms with Crippen molar-refractivity contribution in [3.63, 3.8) is 0 Å². The standard InChI is InChI=1S/C8H9IN2/c1-11-5-3-6-7(11)2-4-10-8(6)9/h2,4H,3,5H2,1H3. The van der Waals surface area contributed by atoms with Gasteiger partial charge in [-0.2, -0.15) is 0 Å². The van der Waals surface area contributed by atoms with Crippen LogP contribution >= 0.6 is 22.6 Å². The highest BCUT2D eigenvalue weighted by atomic mass is 127. The zero-order chi connectivity index (χ0) is 7.84. The molecule has 1 aliphatic heterocycles. The van der Waals surface area contributed by atoms with Crippen LogP contribution in [0.5, 0.6) is 0 Å². The van der Waals surface area contributed by atoms with Gasteiger partial charge in [0.2, 0.25) is 0 Å². The van der Waals surface area contributed by atoms with Crippen molar-refractivity contribution in [3.05, 3.63) is 21.5 Å². The van der Waals surface area contributed by atoms with E-state index in [1.165, 1.54) is 11.3 Å². The van der Waals surface area contributed by atoms with Gasteiger partial charge in [-0.15, -0.1) is 0 Å². The molecule has 0 radical (unpaired) electrons. The molecule has 0 aliphatic carbocycles. The molecule has 0 fully saturated rings. The molecular weight excluding hydrogens is 251 g/mol. The highest BCUT2D eigenvalue weighted by Gasteiger charge is 2.17. The van der Waals surface area contributed by atoms with E-state index in [1.807, 2.05) is 6.20 Å². The lowest BCUT2D eigenvalue weighted by Crippen LogP contribution is -2.12. The Kier molecular flexibility index (Phi) is 1.75. The largest absolute Gasteiger partial charge is 0.374 e. The molecule has 0 atom stereocenters. The molecule has 2 nitrogen and oxygen atoms in total. The number of fused-ring (bicyclic) bond motifs is 1. The van der Waals surface area contributed by atoms with Crippen LogP contribution in [-0.4, -0.2) is 18.6 Å². The van der Waals surface area contributed by atoms with E-state index in [-0.39, 0.29) is 0 Å². The summed E-state index contributed by atoms with van der Waals surface area (Å²) in [5.74, 6) is 0. The van der Waals surface area contributed by atoms with Gasteiger partial charge in [0.1, 0.15) is 3.70 Å². The van der Waals surface area contributed by atoms with Crippen molar-refractivity contribution in [2.24, 2.45) is 0 Å². The number of halogens is 1. The molecule has 2 heterocycles. The molecule has 1 aliphatic rings. The monoisotopic (exact) mass is 260 g/mol. The number of anilines is 1. The van der Waals surface area contributed by atoms with Gasteiger partial charge in [-0.05, 0) is 35.1 Å². The van der Waals surface area contributed by atoms with Crippen LogP contribution in [0.1, 0.15) is 5.56 Å². The molecule has 0 saturated heterocycles. The minimum atomic E-state index is 1.14. The quantitative estimate of drug-likeness (QED) is 0.521. The van der Waals surface area contributed by atoms with Crippen molar-refractivity contribution in [1.29, 1.82) is 0 Å². The summed E-state index contributed by atoms with van der Waals surface area (Å²) < 4.78 is 1.16. The van der Waals surface area contributed by atoms with E-state index in [9.17, 15) is 0 Å². The molecule has 0 bridgehead atoms. The fraction of sp³-hybridized carbons (Fsp3) is 0.375. The second-order valence-electron chi connectivity index (χ2n) is 2.77. The van der Waals surface area contributed by atoms with E-state index >= 15 is 0 Å². The fourth-order valence-corrected chi connectivity index (χ4v) is 2.15. The molecule has 1 aromatic heterocycles. The number of aromatic nitrogens is 1. The minimum Gasteiger partial charge on any atom is -0.374 e. The molecule has 2 rings (SSSR count). The Hall–Kier alpha value is -0.320. The topological polar surface area (TPSA) is 16.1 Å². The predicted molar refractivity (Wildman–Crippen MR) is 53.9 cm³/mol. The summed E-state index contributed by atoms with van der Waals surface area (Å²) in [6, 6.07) is 2.09. The first-order valence-corrected chi connectivity index (χ1v) is 4.71. The fourth-order valence-electron chi connectivity index (χ4n) is 1.45. The summed E-state index contributed by atoms with van der Waals surface area (Å²) in [4.78, 5) is 6.52. The van der Waals surface area contributed by atoms with Gasteiger partial charge in [0.15, 0.2) is 0 Å². The maximum absolute atomic E-state index is 4.25. The Morgan fingerprint density at radius 1 is 1.64 bits per heavy atom. The zero-order valence-corrected chi connectivity index (χ0v) is 8.50. The van der Waals surface area contributed by atoms with Crippen molar-refractivity contribution < 1.29 is 0 Å². The summed E-state index contributed by atoms with van der Waals surface area (Å²) in [5, 5.41) is 0. The molecule has 11 heavy (non-hydrogen) atoms. The average Bonchev–Trinajstić information content (AvgIpc) is 2.35. The average molecular weight is 260 g/mol. The lowest BCUT2D eigenvalue weighted by atomic mass is 10.2. The summed E-state index contributed by atoms with van der Waals surface area (Å²) in [6.45, 7) is 1.14. The maximum atomic E-state index is 4.25. The van der Waals surface area contributed by atoms with Gasteiger partial charge < -0.3 is 4.90 Å². The number of pyridine rings is 1. The summed E-state index contributed by atoms with van der Waals surface area (Å²) in [7, 11) is 2.13. The Morgan fingerprint density at radius 3 is 3.18 bits per heavy atom. The van der Waals surface area contributed by atoms with Crippen molar-refractivity contribution in [3.8, 4) is 0 Å². The molecule has 0 amide bonds. The number of hydrogen-bond acceptors (Lipinski definition) is 2. The molecule has 0 N–H and O–H groups in total. The van der Waals surface area contributed by atoms with Crippen LogP contribution in [0.15, 0.2) is 12.3 Å². The lowest BCUT2D eigenvalue weighted by molar-refractivity contribution is 0.953. The van der Waals surface area contributed by atoms with Crippen molar-refractivity contribution in [2.75, 3.05) is 18.5 Å². The first-order valence-electron chi connectivity index (χ1n) is 3.63. The van der Waals surface area contributed by atoms with Gasteiger partial charge >= 0.3 is 0 Å². The van der Waals surface area contributed by atoms with Crippen LogP contribution in [0.4, 0.5) is 5.69 Å². The van der Waals surface area contributed by atoms with Crippen molar-refractivity contribution >= 4 is 28.3 Å². The van der Waals surface area contributed by atoms with Crippen LogP contribution in [0.25, 0.3) is 0 Å². The first-order chi connectivity index (χ1) is 5.29. The predicted octanol–water partition coefficient (Wildman–Crippen LogP) is 1.68. The van der Waals surface area contributed by atoms with Crippen molar-refractivity contribution in [1.82, 2.24) is 4.98 Å². The smallest absolute Gasteiger partial charge is 0.106 e. The van der Waals surface area contributed by atoms with Crippen LogP contribution in [-0.2, 0) is 6.42 Å². The molecule has 0 aromatic carbocycles. The van der Waals surface area contributed by atoms with Crippen LogP contribution in [0.2, 0.25) is 0 Å². The van der Waals surface area contributed by atoms with Crippen LogP contribution in [0, 0.1) is 3.70 Å². The molecule has 0 saturated carbocycles. The van der Waals surface area contributed by atoms with Gasteiger partial charge in [-0.3, -0.25) is 0 Å². The van der Waals surface area contributed by atoms with Gasteiger partial charge in [0, 0.05) is 31.0 Å². The molecule has 0 spiro atoms. The highest BCUT2D eigenvalue weighted by Crippen LogP contribution is 2.28. The van der Waals surface area contributed by atoms with E-state index in [0.717, 1.165) is 16.7 Å². The lowest BCUT2D eigenvalue weighted by Gasteiger charge is -2.10. The molecule has 1 aromatic rings. The van der Waals surface area contributed by atoms with Crippen LogP contribution < -0.4 is 4.90 Å². The number of hydrogen-bond donors (Lipinski definition) is 0. The maximum Gasteiger partial charge on any atom is 0.106 e. The van der Waals surface area contributed by atoms with E-state index in [0.29, 0.717) is 0 Å². The third-order valence-electron chi connectivity index (χ3n) is 2.09. The Morgan fingerprint density at radius 2 is 2.45 bits per heavy atom. The Labute approximate surface area is 79.8 Å². The van der Waals surface area contributed by atoms with E-state index < -0.39 is 0 Å². The molecule has 3 heteroatoms. The number of nitrogens with zero attached hydrogens (tertiary/aromatic N) is 2. The second-order valence-corrected chi connectivity index (χ2v) is 3.79. The Bertz CT molecular complexity index is 285.